The SMILES string of the molecule is CN1CC[C@@]23C4=CC=C(CO)[C@@H]2Oc2c(O)ccc(c23)C[C@H]41.CN1CC[C@]23c4c5ccc(O)c4O[C@H]2C(=O)C=C[C@@]3(O)[C@H]1C5.CN1CC[C@]23c4c5ccc(O)c4O[C@H]2C(=O)CC(O)[C@@]3(O)[C@H]1C5.O. The van der Waals surface area contributed by atoms with Gasteiger partial charge < -0.3 is 60.3 Å². The third kappa shape index (κ3) is 4.87. The van der Waals surface area contributed by atoms with Crippen molar-refractivity contribution in [1.82, 2.24) is 14.7 Å². The number of hydrogen-bond donors (Lipinski definition) is 7. The second kappa shape index (κ2) is 14.2. The number of ketones is 2. The number of carbonyl (C=O) groups is 2. The van der Waals surface area contributed by atoms with Crippen molar-refractivity contribution in [2.45, 2.75) is 115 Å². The van der Waals surface area contributed by atoms with Gasteiger partial charge in [0, 0.05) is 41.2 Å². The molecule has 358 valence electrons. The number of carbonyl (C=O) groups excluding carboxylic acids is 2. The molecule has 6 bridgehead atoms. The average molecular weight is 932 g/mol. The van der Waals surface area contributed by atoms with Crippen molar-refractivity contribution in [2.75, 3.05) is 47.4 Å². The molecular formula is C52H57N3O13. The third-order valence-electron chi connectivity index (χ3n) is 18.7. The Morgan fingerprint density at radius 3 is 1.85 bits per heavy atom. The minimum absolute atomic E-state index is 0. The van der Waals surface area contributed by atoms with Gasteiger partial charge in [-0.05, 0) is 137 Å². The second-order valence-electron chi connectivity index (χ2n) is 21.2. The maximum absolute atomic E-state index is 12.6. The lowest BCUT2D eigenvalue weighted by molar-refractivity contribution is -0.226. The van der Waals surface area contributed by atoms with E-state index in [4.69, 9.17) is 14.2 Å². The number of ether oxygens (including phenoxy) is 3. The van der Waals surface area contributed by atoms with E-state index in [9.17, 15) is 45.3 Å². The van der Waals surface area contributed by atoms with Gasteiger partial charge in [-0.15, -0.1) is 0 Å². The number of nitrogens with zero attached hydrogens (tertiary/aromatic N) is 3. The Balaban J connectivity index is 0.000000105. The van der Waals surface area contributed by atoms with Crippen LogP contribution in [0.1, 0.15) is 59.1 Å². The summed E-state index contributed by atoms with van der Waals surface area (Å²) in [4.78, 5) is 31.7. The second-order valence-corrected chi connectivity index (χ2v) is 21.2. The topological polar surface area (TPSA) is 245 Å². The van der Waals surface area contributed by atoms with Gasteiger partial charge in [0.05, 0.1) is 29.0 Å². The van der Waals surface area contributed by atoms with E-state index in [2.05, 4.69) is 27.8 Å². The Morgan fingerprint density at radius 1 is 0.647 bits per heavy atom. The van der Waals surface area contributed by atoms with Crippen molar-refractivity contribution in [3.63, 3.8) is 0 Å². The van der Waals surface area contributed by atoms with Crippen molar-refractivity contribution in [1.29, 1.82) is 0 Å². The Labute approximate surface area is 392 Å². The zero-order valence-corrected chi connectivity index (χ0v) is 38.1. The number of piperidine rings is 3. The number of rotatable bonds is 1. The lowest BCUT2D eigenvalue weighted by Crippen LogP contribution is -2.80. The quantitative estimate of drug-likeness (QED) is 0.180. The van der Waals surface area contributed by atoms with Crippen LogP contribution in [0.3, 0.4) is 0 Å². The number of likely N-dealkylation sites (N-methyl/N-ethyl adjacent to an activating group) is 3. The maximum Gasteiger partial charge on any atom is 0.196 e. The fourth-order valence-corrected chi connectivity index (χ4v) is 15.7. The van der Waals surface area contributed by atoms with Crippen LogP contribution in [0.2, 0.25) is 0 Å². The first kappa shape index (κ1) is 43.9. The molecule has 0 radical (unpaired) electrons. The van der Waals surface area contributed by atoms with Crippen LogP contribution in [0.15, 0.2) is 71.8 Å². The zero-order chi connectivity index (χ0) is 46.5. The Bertz CT molecular complexity index is 2860. The number of Topliss-reactive ketones (excluding diaryl/α,β-unsaturated/α-hetero) is 1. The van der Waals surface area contributed by atoms with Crippen LogP contribution in [0, 0.1) is 0 Å². The predicted octanol–water partition coefficient (Wildman–Crippen LogP) is 0.922. The highest BCUT2D eigenvalue weighted by molar-refractivity contribution is 5.99. The van der Waals surface area contributed by atoms with Crippen molar-refractivity contribution < 1.29 is 65.0 Å². The molecular weight excluding hydrogens is 875 g/mol. The van der Waals surface area contributed by atoms with Crippen LogP contribution < -0.4 is 14.2 Å². The van der Waals surface area contributed by atoms with Gasteiger partial charge in [0.15, 0.2) is 58.3 Å². The first-order chi connectivity index (χ1) is 32.1. The van der Waals surface area contributed by atoms with Gasteiger partial charge in [0.25, 0.3) is 0 Å². The van der Waals surface area contributed by atoms with Gasteiger partial charge in [-0.3, -0.25) is 19.4 Å². The Morgan fingerprint density at radius 2 is 1.19 bits per heavy atom. The van der Waals surface area contributed by atoms with E-state index in [0.717, 1.165) is 53.8 Å². The van der Waals surface area contributed by atoms with Gasteiger partial charge in [-0.1, -0.05) is 30.4 Å². The minimum atomic E-state index is -1.44. The van der Waals surface area contributed by atoms with Crippen LogP contribution in [-0.2, 0) is 45.1 Å². The summed E-state index contributed by atoms with van der Waals surface area (Å²) in [5.74, 6) is 1.28. The highest BCUT2D eigenvalue weighted by Crippen LogP contribution is 2.66. The average Bonchev–Trinajstić information content (AvgIpc) is 3.98. The fourth-order valence-electron chi connectivity index (χ4n) is 15.7. The van der Waals surface area contributed by atoms with Crippen LogP contribution in [0.25, 0.3) is 0 Å². The molecule has 9 N–H and O–H groups in total. The number of aliphatic hydroxyl groups is 4. The number of likely N-dealkylation sites (tertiary alicyclic amines) is 3. The number of benzene rings is 3. The molecule has 6 aliphatic heterocycles. The molecule has 1 unspecified atom stereocenters. The minimum Gasteiger partial charge on any atom is -0.504 e. The molecule has 3 saturated heterocycles. The summed E-state index contributed by atoms with van der Waals surface area (Å²) >= 11 is 0. The van der Waals surface area contributed by atoms with Gasteiger partial charge in [-0.25, -0.2) is 0 Å². The van der Waals surface area contributed by atoms with Gasteiger partial charge in [-0.2, -0.15) is 0 Å². The lowest BCUT2D eigenvalue weighted by Gasteiger charge is -2.63. The van der Waals surface area contributed by atoms with Crippen LogP contribution in [0.4, 0.5) is 0 Å². The van der Waals surface area contributed by atoms with Crippen LogP contribution in [-0.4, -0.2) is 169 Å². The van der Waals surface area contributed by atoms with E-state index in [-0.39, 0.29) is 70.9 Å². The summed E-state index contributed by atoms with van der Waals surface area (Å²) in [6.07, 6.45) is 8.70. The first-order valence-electron chi connectivity index (χ1n) is 23.6. The molecule has 3 spiro atoms. The molecule has 3 aromatic rings. The summed E-state index contributed by atoms with van der Waals surface area (Å²) in [6, 6.07) is 10.8. The summed E-state index contributed by atoms with van der Waals surface area (Å²) < 4.78 is 18.0. The molecule has 68 heavy (non-hydrogen) atoms. The van der Waals surface area contributed by atoms with Crippen molar-refractivity contribution >= 4 is 11.6 Å². The van der Waals surface area contributed by atoms with E-state index in [1.54, 1.807) is 24.3 Å². The summed E-state index contributed by atoms with van der Waals surface area (Å²) in [5, 5.41) is 74.3. The van der Waals surface area contributed by atoms with E-state index in [1.165, 1.54) is 22.8 Å². The number of phenolic OH excluding ortho intramolecular Hbond substituents is 3. The van der Waals surface area contributed by atoms with Crippen molar-refractivity contribution in [3.8, 4) is 34.5 Å². The maximum atomic E-state index is 12.6. The smallest absolute Gasteiger partial charge is 0.196 e. The summed E-state index contributed by atoms with van der Waals surface area (Å²) in [6.45, 7) is 2.51. The van der Waals surface area contributed by atoms with Gasteiger partial charge in [0.1, 0.15) is 17.3 Å². The lowest BCUT2D eigenvalue weighted by atomic mass is 9.48. The van der Waals surface area contributed by atoms with Crippen molar-refractivity contribution in [3.05, 3.63) is 105 Å². The number of phenols is 3. The van der Waals surface area contributed by atoms with Gasteiger partial charge in [0.2, 0.25) is 0 Å². The molecule has 4 fully saturated rings. The molecule has 6 heterocycles. The van der Waals surface area contributed by atoms with Crippen LogP contribution >= 0.6 is 0 Å². The monoisotopic (exact) mass is 931 g/mol. The fraction of sp³-hybridized carbons (Fsp3) is 0.500. The molecule has 16 heteroatoms. The van der Waals surface area contributed by atoms with E-state index in [0.29, 0.717) is 55.5 Å². The molecule has 12 atom stereocenters. The number of allylic oxidation sites excluding steroid dienone is 2. The van der Waals surface area contributed by atoms with Gasteiger partial charge >= 0.3 is 0 Å². The Kier molecular flexibility index (Phi) is 9.15. The van der Waals surface area contributed by atoms with E-state index < -0.39 is 40.3 Å². The highest BCUT2D eigenvalue weighted by atomic mass is 16.5. The highest BCUT2D eigenvalue weighted by Gasteiger charge is 2.76. The normalized spacial score (nSPS) is 39.4. The molecule has 6 aliphatic carbocycles. The molecule has 15 rings (SSSR count). The molecule has 0 amide bonds. The van der Waals surface area contributed by atoms with E-state index >= 15 is 0 Å². The molecule has 12 aliphatic rings. The van der Waals surface area contributed by atoms with Crippen molar-refractivity contribution in [2.24, 2.45) is 0 Å². The largest absolute Gasteiger partial charge is 0.504 e. The summed E-state index contributed by atoms with van der Waals surface area (Å²) in [7, 11) is 6.13. The molecule has 3 aromatic carbocycles. The number of aliphatic hydroxyl groups excluding tert-OH is 2. The summed E-state index contributed by atoms with van der Waals surface area (Å²) in [5.41, 5.74) is 3.91. The number of aromatic hydroxyl groups is 3. The third-order valence-corrected chi connectivity index (χ3v) is 18.7. The number of hydrogen-bond acceptors (Lipinski definition) is 15. The van der Waals surface area contributed by atoms with Crippen LogP contribution in [0.5, 0.6) is 34.5 Å². The standard InChI is InChI=1S/C18H19NO3.C17H19NO5.C17H17NO4.H2O/c1-19-7-6-18-12-4-2-11(9-20)17(18)22-16-14(21)5-3-10(15(16)18)8-13(12)19;1-18-5-4-16-13-8-2-3-9(19)14(13)23-15(16)10(20)7-12(21)17(16,22)11(18)6-8;1-18-7-6-16-13-9-2-3-10(19)14(13)22-15(16)11(20)4-5-17(16,21)12(18)8-9;/h2-5,13,17,20-21H,6-9H2,1H3;2-3,11-12,15,19,21-22H,4-7H2,1H3;2-5,12,15,19,21H,6-8H2,1H3;1H2/t13-,17+,18+;11-,12?,15+,16+,17+;12-,15+,16+,17-;/m111./s1. The van der Waals surface area contributed by atoms with E-state index in [1.807, 2.05) is 38.4 Å². The predicted molar refractivity (Wildman–Crippen MR) is 243 cm³/mol. The molecule has 1 saturated carbocycles. The first-order valence-corrected chi connectivity index (χ1v) is 23.6. The molecule has 0 aromatic heterocycles. The molecule has 16 nitrogen and oxygen atoms in total. The zero-order valence-electron chi connectivity index (χ0n) is 38.1. The Hall–Kier alpha value is -5.30.